The molecule has 4 rings (SSSR count). The summed E-state index contributed by atoms with van der Waals surface area (Å²) in [6, 6.07) is 5.52. The maximum atomic E-state index is 13.4. The predicted octanol–water partition coefficient (Wildman–Crippen LogP) is 1.98. The average molecular weight is 488 g/mol. The van der Waals surface area contributed by atoms with Crippen molar-refractivity contribution < 1.29 is 9.18 Å². The summed E-state index contributed by atoms with van der Waals surface area (Å²) in [6.07, 6.45) is 0.712. The van der Waals surface area contributed by atoms with E-state index in [1.54, 1.807) is 0 Å². The van der Waals surface area contributed by atoms with Gasteiger partial charge < -0.3 is 0 Å². The van der Waals surface area contributed by atoms with Crippen LogP contribution in [-0.4, -0.2) is 41.0 Å². The Balaban J connectivity index is 1.74. The molecule has 4 aromatic rings. The Bertz CT molecular complexity index is 1480. The first-order valence-electron chi connectivity index (χ1n) is 9.77. The van der Waals surface area contributed by atoms with Crippen molar-refractivity contribution in [3.05, 3.63) is 55.9 Å². The number of aryl methyl sites for hydroxylation is 2. The van der Waals surface area contributed by atoms with Crippen LogP contribution < -0.4 is 16.6 Å². The van der Waals surface area contributed by atoms with Crippen molar-refractivity contribution in [3.8, 4) is 11.4 Å². The number of hydrogen-bond donors (Lipinski definition) is 1. The van der Waals surface area contributed by atoms with E-state index in [4.69, 9.17) is 0 Å². The summed E-state index contributed by atoms with van der Waals surface area (Å²) in [5, 5.41) is 12.1. The lowest BCUT2D eigenvalue weighted by Gasteiger charge is -2.12. The van der Waals surface area contributed by atoms with Crippen molar-refractivity contribution in [3.63, 3.8) is 0 Å². The minimum atomic E-state index is -0.571. The lowest BCUT2D eigenvalue weighted by molar-refractivity contribution is -0.113. The van der Waals surface area contributed by atoms with Gasteiger partial charge in [-0.1, -0.05) is 30.0 Å². The summed E-state index contributed by atoms with van der Waals surface area (Å²) < 4.78 is 15.6. The molecule has 1 aromatic carbocycles. The average Bonchev–Trinajstić information content (AvgIpc) is 3.27. The molecule has 0 aliphatic heterocycles. The largest absolute Gasteiger partial charge is 0.332 e. The molecule has 0 saturated carbocycles. The standard InChI is InChI=1S/C20H18FN7O3S2/c1-4-13-25-26-19(33-13)22-12(29)9-32-17-14-16(27(2)20(31)28(3)18(14)30)23-15(24-17)10-5-7-11(21)8-6-10/h5-8H,4,9H2,1-3H3,(H,22,26,29). The van der Waals surface area contributed by atoms with Crippen molar-refractivity contribution in [1.82, 2.24) is 29.3 Å². The molecule has 0 aliphatic carbocycles. The Labute approximate surface area is 194 Å². The van der Waals surface area contributed by atoms with Crippen LogP contribution in [0.15, 0.2) is 38.9 Å². The van der Waals surface area contributed by atoms with Crippen LogP contribution >= 0.6 is 23.1 Å². The topological polar surface area (TPSA) is 125 Å². The summed E-state index contributed by atoms with van der Waals surface area (Å²) >= 11 is 2.31. The molecule has 0 aliphatic rings. The lowest BCUT2D eigenvalue weighted by atomic mass is 10.2. The van der Waals surface area contributed by atoms with Crippen molar-refractivity contribution in [1.29, 1.82) is 0 Å². The number of fused-ring (bicyclic) bond motifs is 1. The Morgan fingerprint density at radius 3 is 2.52 bits per heavy atom. The number of halogens is 1. The fraction of sp³-hybridized carbons (Fsp3) is 0.250. The fourth-order valence-corrected chi connectivity index (χ4v) is 4.51. The number of thioether (sulfide) groups is 1. The Morgan fingerprint density at radius 1 is 1.12 bits per heavy atom. The van der Waals surface area contributed by atoms with E-state index in [1.807, 2.05) is 6.92 Å². The zero-order chi connectivity index (χ0) is 23.7. The molecule has 1 amide bonds. The summed E-state index contributed by atoms with van der Waals surface area (Å²) in [6.45, 7) is 1.94. The number of carbonyl (C=O) groups is 1. The molecule has 0 saturated heterocycles. The summed E-state index contributed by atoms with van der Waals surface area (Å²) in [4.78, 5) is 46.6. The highest BCUT2D eigenvalue weighted by Crippen LogP contribution is 2.26. The third kappa shape index (κ3) is 4.54. The Hall–Kier alpha value is -3.45. The molecule has 170 valence electrons. The molecule has 3 heterocycles. The van der Waals surface area contributed by atoms with Crippen LogP contribution in [0.4, 0.5) is 9.52 Å². The minimum absolute atomic E-state index is 0.0675. The van der Waals surface area contributed by atoms with Crippen LogP contribution in [0.2, 0.25) is 0 Å². The van der Waals surface area contributed by atoms with Crippen LogP contribution in [0.25, 0.3) is 22.4 Å². The van der Waals surface area contributed by atoms with E-state index in [1.165, 1.54) is 54.3 Å². The number of rotatable bonds is 6. The number of anilines is 1. The van der Waals surface area contributed by atoms with Gasteiger partial charge in [-0.3, -0.25) is 24.0 Å². The van der Waals surface area contributed by atoms with Gasteiger partial charge >= 0.3 is 5.69 Å². The monoisotopic (exact) mass is 487 g/mol. The molecule has 33 heavy (non-hydrogen) atoms. The van der Waals surface area contributed by atoms with E-state index in [2.05, 4.69) is 25.5 Å². The summed E-state index contributed by atoms with van der Waals surface area (Å²) in [7, 11) is 2.85. The molecule has 0 radical (unpaired) electrons. The maximum Gasteiger partial charge on any atom is 0.332 e. The molecular weight excluding hydrogens is 469 g/mol. The molecule has 0 bridgehead atoms. The highest BCUT2D eigenvalue weighted by Gasteiger charge is 2.19. The molecule has 0 atom stereocenters. The second kappa shape index (κ2) is 9.19. The molecule has 3 aromatic heterocycles. The van der Waals surface area contributed by atoms with Crippen LogP contribution in [0.3, 0.4) is 0 Å². The third-order valence-corrected chi connectivity index (χ3v) is 6.68. The van der Waals surface area contributed by atoms with Gasteiger partial charge in [0.25, 0.3) is 5.56 Å². The van der Waals surface area contributed by atoms with E-state index < -0.39 is 17.1 Å². The van der Waals surface area contributed by atoms with E-state index in [0.717, 1.165) is 21.3 Å². The SMILES string of the molecule is CCc1nnc(NC(=O)CSc2nc(-c3ccc(F)cc3)nc3c2c(=O)n(C)c(=O)n3C)s1. The third-order valence-electron chi connectivity index (χ3n) is 4.72. The first kappa shape index (κ1) is 22.7. The van der Waals surface area contributed by atoms with Gasteiger partial charge in [-0.25, -0.2) is 19.2 Å². The van der Waals surface area contributed by atoms with Gasteiger partial charge in [-0.05, 0) is 30.7 Å². The highest BCUT2D eigenvalue weighted by atomic mass is 32.2. The molecule has 13 heteroatoms. The molecule has 0 spiro atoms. The number of nitrogens with zero attached hydrogens (tertiary/aromatic N) is 6. The van der Waals surface area contributed by atoms with Gasteiger partial charge in [0.15, 0.2) is 11.5 Å². The summed E-state index contributed by atoms with van der Waals surface area (Å²) in [5.74, 6) is -0.641. The van der Waals surface area contributed by atoms with E-state index in [-0.39, 0.29) is 33.5 Å². The van der Waals surface area contributed by atoms with Crippen molar-refractivity contribution in [2.75, 3.05) is 11.1 Å². The van der Waals surface area contributed by atoms with E-state index >= 15 is 0 Å². The lowest BCUT2D eigenvalue weighted by Crippen LogP contribution is -2.37. The quantitative estimate of drug-likeness (QED) is 0.323. The second-order valence-electron chi connectivity index (χ2n) is 6.95. The van der Waals surface area contributed by atoms with Crippen LogP contribution in [0.5, 0.6) is 0 Å². The van der Waals surface area contributed by atoms with Gasteiger partial charge in [0.2, 0.25) is 11.0 Å². The van der Waals surface area contributed by atoms with Crippen molar-refractivity contribution in [2.24, 2.45) is 14.1 Å². The molecule has 1 N–H and O–H groups in total. The van der Waals surface area contributed by atoms with Crippen LogP contribution in [-0.2, 0) is 25.3 Å². The number of hydrogen-bond acceptors (Lipinski definition) is 9. The Kier molecular flexibility index (Phi) is 6.33. The molecule has 0 fully saturated rings. The first-order valence-corrected chi connectivity index (χ1v) is 11.6. The number of carbonyl (C=O) groups excluding carboxylic acids is 1. The maximum absolute atomic E-state index is 13.4. The predicted molar refractivity (Wildman–Crippen MR) is 124 cm³/mol. The smallest absolute Gasteiger partial charge is 0.300 e. The molecular formula is C20H18FN7O3S2. The normalized spacial score (nSPS) is 11.2. The minimum Gasteiger partial charge on any atom is -0.300 e. The van der Waals surface area contributed by atoms with Crippen molar-refractivity contribution in [2.45, 2.75) is 18.4 Å². The number of amides is 1. The zero-order valence-corrected chi connectivity index (χ0v) is 19.5. The molecule has 0 unspecified atom stereocenters. The van der Waals surface area contributed by atoms with Gasteiger partial charge in [-0.15, -0.1) is 10.2 Å². The fourth-order valence-electron chi connectivity index (χ4n) is 3.00. The Morgan fingerprint density at radius 2 is 1.85 bits per heavy atom. The van der Waals surface area contributed by atoms with Gasteiger partial charge in [0.05, 0.1) is 5.75 Å². The van der Waals surface area contributed by atoms with Gasteiger partial charge in [0.1, 0.15) is 21.2 Å². The van der Waals surface area contributed by atoms with Gasteiger partial charge in [-0.2, -0.15) is 0 Å². The highest BCUT2D eigenvalue weighted by molar-refractivity contribution is 8.00. The van der Waals surface area contributed by atoms with Crippen LogP contribution in [0.1, 0.15) is 11.9 Å². The number of benzene rings is 1. The first-order chi connectivity index (χ1) is 15.8. The van der Waals surface area contributed by atoms with E-state index in [0.29, 0.717) is 17.1 Å². The summed E-state index contributed by atoms with van der Waals surface area (Å²) in [5.41, 5.74) is -0.498. The van der Waals surface area contributed by atoms with E-state index in [9.17, 15) is 18.8 Å². The van der Waals surface area contributed by atoms with Gasteiger partial charge in [0, 0.05) is 19.7 Å². The number of nitrogens with one attached hydrogen (secondary N) is 1. The van der Waals surface area contributed by atoms with Crippen molar-refractivity contribution >= 4 is 45.2 Å². The number of aromatic nitrogens is 6. The second-order valence-corrected chi connectivity index (χ2v) is 8.98. The van der Waals surface area contributed by atoms with Crippen LogP contribution in [0, 0.1) is 5.82 Å². The molecule has 10 nitrogen and oxygen atoms in total. The zero-order valence-electron chi connectivity index (χ0n) is 17.8.